The van der Waals surface area contributed by atoms with Crippen LogP contribution < -0.4 is 5.73 Å². The van der Waals surface area contributed by atoms with Gasteiger partial charge in [0.2, 0.25) is 10.0 Å². The van der Waals surface area contributed by atoms with Gasteiger partial charge in [0.05, 0.1) is 6.20 Å². The molecule has 2 rings (SSSR count). The van der Waals surface area contributed by atoms with Crippen LogP contribution in [0.4, 0.5) is 0 Å². The second-order valence-electron chi connectivity index (χ2n) is 5.75. The molecule has 0 saturated carbocycles. The summed E-state index contributed by atoms with van der Waals surface area (Å²) in [5.41, 5.74) is 5.84. The van der Waals surface area contributed by atoms with Gasteiger partial charge >= 0.3 is 0 Å². The van der Waals surface area contributed by atoms with Crippen molar-refractivity contribution >= 4 is 22.4 Å². The largest absolute Gasteiger partial charge is 0.327 e. The topological polar surface area (TPSA) is 81.2 Å². The van der Waals surface area contributed by atoms with E-state index in [4.69, 9.17) is 5.73 Å². The second-order valence-corrected chi connectivity index (χ2v) is 7.69. The van der Waals surface area contributed by atoms with Crippen molar-refractivity contribution in [1.82, 2.24) is 14.1 Å². The third-order valence-corrected chi connectivity index (χ3v) is 5.65. The van der Waals surface area contributed by atoms with Gasteiger partial charge in [-0.25, -0.2) is 8.42 Å². The Hall–Kier alpha value is -0.630. The van der Waals surface area contributed by atoms with E-state index in [1.54, 1.807) is 10.9 Å². The highest BCUT2D eigenvalue weighted by Gasteiger charge is 2.39. The second kappa shape index (κ2) is 6.01. The lowest BCUT2D eigenvalue weighted by atomic mass is 9.81. The molecule has 1 aromatic heterocycles. The molecule has 1 aliphatic rings. The molecule has 0 aromatic carbocycles. The molecule has 1 aromatic rings. The average Bonchev–Trinajstić information content (AvgIpc) is 2.81. The maximum Gasteiger partial charge on any atom is 0.246 e. The molecule has 1 fully saturated rings. The van der Waals surface area contributed by atoms with Crippen LogP contribution in [0.2, 0.25) is 0 Å². The van der Waals surface area contributed by atoms with Crippen LogP contribution in [0.3, 0.4) is 0 Å². The number of halogens is 1. The predicted molar refractivity (Wildman–Crippen MR) is 80.3 cm³/mol. The Kier molecular flexibility index (Phi) is 5.23. The number of rotatable bonds is 3. The molecule has 1 atom stereocenters. The first-order valence-corrected chi connectivity index (χ1v) is 7.99. The molecule has 0 spiro atoms. The fraction of sp³-hybridized carbons (Fsp3) is 0.750. The maximum absolute atomic E-state index is 12.5. The van der Waals surface area contributed by atoms with Gasteiger partial charge < -0.3 is 5.73 Å². The quantitative estimate of drug-likeness (QED) is 0.902. The molecular weight excluding hydrogens is 300 g/mol. The average molecular weight is 323 g/mol. The lowest BCUT2D eigenvalue weighted by molar-refractivity contribution is 0.155. The Balaban J connectivity index is 0.00000200. The van der Waals surface area contributed by atoms with Crippen LogP contribution in [0.15, 0.2) is 17.3 Å². The highest BCUT2D eigenvalue weighted by Crippen LogP contribution is 2.31. The Labute approximate surface area is 126 Å². The molecule has 0 amide bonds. The SMILES string of the molecule is CCn1cc(S(=O)(=O)N2CCC(N)C(C)(C)C2)cn1.Cl. The summed E-state index contributed by atoms with van der Waals surface area (Å²) in [7, 11) is -3.45. The van der Waals surface area contributed by atoms with E-state index in [1.165, 1.54) is 10.5 Å². The molecule has 0 radical (unpaired) electrons. The molecule has 6 nitrogen and oxygen atoms in total. The number of sulfonamides is 1. The van der Waals surface area contributed by atoms with E-state index >= 15 is 0 Å². The van der Waals surface area contributed by atoms with E-state index in [9.17, 15) is 8.42 Å². The summed E-state index contributed by atoms with van der Waals surface area (Å²) >= 11 is 0. The lowest BCUT2D eigenvalue weighted by Crippen LogP contribution is -2.53. The lowest BCUT2D eigenvalue weighted by Gasteiger charge is -2.41. The van der Waals surface area contributed by atoms with Gasteiger partial charge in [-0.3, -0.25) is 4.68 Å². The van der Waals surface area contributed by atoms with Gasteiger partial charge in [0.15, 0.2) is 0 Å². The van der Waals surface area contributed by atoms with Crippen LogP contribution in [0.1, 0.15) is 27.2 Å². The van der Waals surface area contributed by atoms with Crippen molar-refractivity contribution in [3.63, 3.8) is 0 Å². The minimum Gasteiger partial charge on any atom is -0.327 e. The van der Waals surface area contributed by atoms with Crippen LogP contribution in [-0.4, -0.2) is 41.6 Å². The minimum atomic E-state index is -3.45. The molecule has 116 valence electrons. The number of hydrogen-bond acceptors (Lipinski definition) is 4. The smallest absolute Gasteiger partial charge is 0.246 e. The van der Waals surface area contributed by atoms with Crippen LogP contribution in [-0.2, 0) is 16.6 Å². The summed E-state index contributed by atoms with van der Waals surface area (Å²) in [6.07, 6.45) is 3.69. The van der Waals surface area contributed by atoms with Gasteiger partial charge in [-0.05, 0) is 18.8 Å². The fourth-order valence-electron chi connectivity index (χ4n) is 2.33. The summed E-state index contributed by atoms with van der Waals surface area (Å²) in [6, 6.07) is 0.0392. The molecule has 1 aliphatic heterocycles. The number of nitrogens with two attached hydrogens (primary N) is 1. The van der Waals surface area contributed by atoms with Crippen molar-refractivity contribution in [2.24, 2.45) is 11.1 Å². The summed E-state index contributed by atoms with van der Waals surface area (Å²) in [4.78, 5) is 0.264. The van der Waals surface area contributed by atoms with Crippen molar-refractivity contribution in [3.8, 4) is 0 Å². The molecule has 0 bridgehead atoms. The molecular formula is C12H23ClN4O2S. The zero-order chi connectivity index (χ0) is 14.3. The Morgan fingerprint density at radius 3 is 2.65 bits per heavy atom. The van der Waals surface area contributed by atoms with Gasteiger partial charge in [-0.2, -0.15) is 9.40 Å². The summed E-state index contributed by atoms with van der Waals surface area (Å²) in [5.74, 6) is 0. The number of aryl methyl sites for hydroxylation is 1. The van der Waals surface area contributed by atoms with Crippen molar-refractivity contribution in [1.29, 1.82) is 0 Å². The highest BCUT2D eigenvalue weighted by molar-refractivity contribution is 7.89. The first-order chi connectivity index (χ1) is 8.77. The van der Waals surface area contributed by atoms with Crippen molar-refractivity contribution in [2.75, 3.05) is 13.1 Å². The number of nitrogens with zero attached hydrogens (tertiary/aromatic N) is 3. The van der Waals surface area contributed by atoms with Crippen molar-refractivity contribution < 1.29 is 8.42 Å². The molecule has 2 heterocycles. The number of hydrogen-bond donors (Lipinski definition) is 1. The van der Waals surface area contributed by atoms with E-state index in [0.29, 0.717) is 26.1 Å². The minimum absolute atomic E-state index is 0. The van der Waals surface area contributed by atoms with Crippen molar-refractivity contribution in [3.05, 3.63) is 12.4 Å². The first-order valence-electron chi connectivity index (χ1n) is 6.55. The van der Waals surface area contributed by atoms with Crippen LogP contribution in [0.5, 0.6) is 0 Å². The van der Waals surface area contributed by atoms with Gasteiger partial charge in [0.1, 0.15) is 4.90 Å². The fourth-order valence-corrected chi connectivity index (χ4v) is 3.91. The third-order valence-electron chi connectivity index (χ3n) is 3.85. The van der Waals surface area contributed by atoms with E-state index in [-0.39, 0.29) is 28.8 Å². The van der Waals surface area contributed by atoms with Gasteiger partial charge in [-0.1, -0.05) is 13.8 Å². The number of piperidine rings is 1. The van der Waals surface area contributed by atoms with Gasteiger partial charge in [-0.15, -0.1) is 12.4 Å². The normalized spacial score (nSPS) is 23.3. The standard InChI is InChI=1S/C12H22N4O2S.ClH/c1-4-15-8-10(7-14-15)19(17,18)16-6-5-11(13)12(2,3)9-16;/h7-8,11H,4-6,9,13H2,1-3H3;1H. The van der Waals surface area contributed by atoms with E-state index in [0.717, 1.165) is 0 Å². The van der Waals surface area contributed by atoms with Crippen LogP contribution in [0, 0.1) is 5.41 Å². The van der Waals surface area contributed by atoms with Crippen molar-refractivity contribution in [2.45, 2.75) is 44.7 Å². The molecule has 1 saturated heterocycles. The van der Waals surface area contributed by atoms with Gasteiger partial charge in [0, 0.05) is 31.9 Å². The molecule has 1 unspecified atom stereocenters. The monoisotopic (exact) mass is 322 g/mol. The maximum atomic E-state index is 12.5. The molecule has 0 aliphatic carbocycles. The Morgan fingerprint density at radius 1 is 1.50 bits per heavy atom. The summed E-state index contributed by atoms with van der Waals surface area (Å²) in [5, 5.41) is 4.03. The van der Waals surface area contributed by atoms with E-state index in [1.807, 2.05) is 20.8 Å². The van der Waals surface area contributed by atoms with E-state index < -0.39 is 10.0 Å². The molecule has 8 heteroatoms. The Bertz CT molecular complexity index is 556. The van der Waals surface area contributed by atoms with Crippen LogP contribution >= 0.6 is 12.4 Å². The summed E-state index contributed by atoms with van der Waals surface area (Å²) in [6.45, 7) is 7.53. The summed E-state index contributed by atoms with van der Waals surface area (Å²) < 4.78 is 28.2. The molecule has 2 N–H and O–H groups in total. The number of aromatic nitrogens is 2. The third kappa shape index (κ3) is 3.16. The van der Waals surface area contributed by atoms with E-state index in [2.05, 4.69) is 5.10 Å². The molecule has 20 heavy (non-hydrogen) atoms. The Morgan fingerprint density at radius 2 is 2.15 bits per heavy atom. The van der Waals surface area contributed by atoms with Crippen LogP contribution in [0.25, 0.3) is 0 Å². The highest BCUT2D eigenvalue weighted by atomic mass is 35.5. The predicted octanol–water partition coefficient (Wildman–Crippen LogP) is 1.07. The van der Waals surface area contributed by atoms with Gasteiger partial charge in [0.25, 0.3) is 0 Å². The first kappa shape index (κ1) is 17.4. The zero-order valence-electron chi connectivity index (χ0n) is 12.1. The zero-order valence-corrected chi connectivity index (χ0v) is 13.7.